The first-order valence-electron chi connectivity index (χ1n) is 6.81. The highest BCUT2D eigenvalue weighted by atomic mass is 79.9. The van der Waals surface area contributed by atoms with E-state index in [-0.39, 0.29) is 18.9 Å². The normalized spacial score (nSPS) is 11.8. The topological polar surface area (TPSA) is 94.3 Å². The molecule has 0 radical (unpaired) electrons. The summed E-state index contributed by atoms with van der Waals surface area (Å²) in [5.74, 6) is -0.753. The third-order valence-electron chi connectivity index (χ3n) is 3.14. The Morgan fingerprint density at radius 1 is 1.39 bits per heavy atom. The van der Waals surface area contributed by atoms with E-state index in [1.165, 1.54) is 18.4 Å². The maximum atomic E-state index is 12.3. The van der Waals surface area contributed by atoms with E-state index in [2.05, 4.69) is 26.2 Å². The molecule has 3 N–H and O–H groups in total. The molecule has 1 aromatic heterocycles. The van der Waals surface area contributed by atoms with Gasteiger partial charge in [-0.1, -0.05) is 28.1 Å². The van der Waals surface area contributed by atoms with Crippen LogP contribution in [-0.2, 0) is 16.1 Å². The molecule has 0 aliphatic rings. The number of nitrogens with one attached hydrogen (secondary N) is 1. The van der Waals surface area contributed by atoms with Crippen molar-refractivity contribution in [1.29, 1.82) is 0 Å². The number of aromatic nitrogens is 1. The van der Waals surface area contributed by atoms with Crippen LogP contribution in [0.1, 0.15) is 33.5 Å². The van der Waals surface area contributed by atoms with Gasteiger partial charge in [0.2, 0.25) is 0 Å². The number of carbonyl (C=O) groups is 2. The predicted octanol–water partition coefficient (Wildman–Crippen LogP) is 2.40. The van der Waals surface area contributed by atoms with E-state index in [1.54, 1.807) is 5.38 Å². The van der Waals surface area contributed by atoms with Crippen LogP contribution in [0.2, 0.25) is 0 Å². The van der Waals surface area contributed by atoms with Gasteiger partial charge >= 0.3 is 5.97 Å². The SMILES string of the molecule is COC(=O)CC(NC(=O)c1csc(CN)n1)c1ccc(Br)cc1. The fraction of sp³-hybridized carbons (Fsp3) is 0.267. The van der Waals surface area contributed by atoms with Crippen LogP contribution >= 0.6 is 27.3 Å². The van der Waals surface area contributed by atoms with Crippen LogP contribution in [0.3, 0.4) is 0 Å². The second-order valence-electron chi connectivity index (χ2n) is 4.69. The number of carbonyl (C=O) groups excluding carboxylic acids is 2. The number of halogens is 1. The molecule has 0 bridgehead atoms. The minimum Gasteiger partial charge on any atom is -0.469 e. The van der Waals surface area contributed by atoms with E-state index in [0.29, 0.717) is 10.7 Å². The van der Waals surface area contributed by atoms with Crippen LogP contribution in [-0.4, -0.2) is 24.0 Å². The van der Waals surface area contributed by atoms with Gasteiger partial charge in [0.15, 0.2) is 0 Å². The van der Waals surface area contributed by atoms with Crippen LogP contribution in [0.5, 0.6) is 0 Å². The Hall–Kier alpha value is -1.77. The van der Waals surface area contributed by atoms with Crippen LogP contribution in [0.25, 0.3) is 0 Å². The van der Waals surface area contributed by atoms with Crippen LogP contribution in [0, 0.1) is 0 Å². The molecule has 2 rings (SSSR count). The molecule has 6 nitrogen and oxygen atoms in total. The number of nitrogens with two attached hydrogens (primary N) is 1. The summed E-state index contributed by atoms with van der Waals surface area (Å²) in [5.41, 5.74) is 6.60. The van der Waals surface area contributed by atoms with Gasteiger partial charge < -0.3 is 15.8 Å². The highest BCUT2D eigenvalue weighted by Gasteiger charge is 2.21. The molecule has 0 aliphatic carbocycles. The molecular formula is C15H16BrN3O3S. The lowest BCUT2D eigenvalue weighted by Crippen LogP contribution is -2.30. The Morgan fingerprint density at radius 3 is 2.65 bits per heavy atom. The molecule has 23 heavy (non-hydrogen) atoms. The van der Waals surface area contributed by atoms with Gasteiger partial charge in [-0.05, 0) is 17.7 Å². The van der Waals surface area contributed by atoms with E-state index >= 15 is 0 Å². The van der Waals surface area contributed by atoms with Crippen LogP contribution in [0.4, 0.5) is 0 Å². The molecule has 0 spiro atoms. The molecule has 1 amide bonds. The zero-order valence-corrected chi connectivity index (χ0v) is 14.8. The summed E-state index contributed by atoms with van der Waals surface area (Å²) >= 11 is 4.68. The lowest BCUT2D eigenvalue weighted by molar-refractivity contribution is -0.141. The fourth-order valence-electron chi connectivity index (χ4n) is 1.94. The number of benzene rings is 1. The first kappa shape index (κ1) is 17.6. The molecule has 0 saturated carbocycles. The van der Waals surface area contributed by atoms with Crippen molar-refractivity contribution in [3.8, 4) is 0 Å². The van der Waals surface area contributed by atoms with Gasteiger partial charge in [-0.2, -0.15) is 0 Å². The molecular weight excluding hydrogens is 382 g/mol. The maximum absolute atomic E-state index is 12.3. The highest BCUT2D eigenvalue weighted by molar-refractivity contribution is 9.10. The van der Waals surface area contributed by atoms with Gasteiger partial charge in [-0.15, -0.1) is 11.3 Å². The summed E-state index contributed by atoms with van der Waals surface area (Å²) in [4.78, 5) is 28.1. The molecule has 2 aromatic rings. The van der Waals surface area contributed by atoms with Gasteiger partial charge in [0.05, 0.1) is 19.6 Å². The summed E-state index contributed by atoms with van der Waals surface area (Å²) in [6, 6.07) is 6.88. The first-order chi connectivity index (χ1) is 11.0. The Labute approximate surface area is 146 Å². The zero-order valence-electron chi connectivity index (χ0n) is 12.4. The minimum absolute atomic E-state index is 0.0394. The molecule has 1 heterocycles. The number of hydrogen-bond acceptors (Lipinski definition) is 6. The van der Waals surface area contributed by atoms with Crippen molar-refractivity contribution in [2.75, 3.05) is 7.11 Å². The van der Waals surface area contributed by atoms with Crippen molar-refractivity contribution in [1.82, 2.24) is 10.3 Å². The number of rotatable bonds is 6. The Bertz CT molecular complexity index is 688. The second-order valence-corrected chi connectivity index (χ2v) is 6.55. The van der Waals surface area contributed by atoms with E-state index in [9.17, 15) is 9.59 Å². The van der Waals surface area contributed by atoms with E-state index < -0.39 is 12.0 Å². The van der Waals surface area contributed by atoms with Gasteiger partial charge in [-0.3, -0.25) is 9.59 Å². The molecule has 0 saturated heterocycles. The average Bonchev–Trinajstić information content (AvgIpc) is 3.04. The van der Waals surface area contributed by atoms with Crippen molar-refractivity contribution in [3.63, 3.8) is 0 Å². The standard InChI is InChI=1S/C15H16BrN3O3S/c1-22-14(20)6-11(9-2-4-10(16)5-3-9)19-15(21)12-8-23-13(7-17)18-12/h2-5,8,11H,6-7,17H2,1H3,(H,19,21). The first-order valence-corrected chi connectivity index (χ1v) is 8.48. The highest BCUT2D eigenvalue weighted by Crippen LogP contribution is 2.21. The molecule has 1 unspecified atom stereocenters. The zero-order chi connectivity index (χ0) is 16.8. The smallest absolute Gasteiger partial charge is 0.307 e. The summed E-state index contributed by atoms with van der Waals surface area (Å²) in [5, 5.41) is 5.15. The molecule has 1 aromatic carbocycles. The number of methoxy groups -OCH3 is 1. The number of nitrogens with zero attached hydrogens (tertiary/aromatic N) is 1. The predicted molar refractivity (Wildman–Crippen MR) is 91.0 cm³/mol. The van der Waals surface area contributed by atoms with Crippen LogP contribution in [0.15, 0.2) is 34.1 Å². The number of ether oxygens (including phenoxy) is 1. The minimum atomic E-state index is -0.494. The second kappa shape index (κ2) is 8.19. The lowest BCUT2D eigenvalue weighted by atomic mass is 10.0. The number of esters is 1. The third-order valence-corrected chi connectivity index (χ3v) is 4.53. The van der Waals surface area contributed by atoms with Crippen LogP contribution < -0.4 is 11.1 Å². The van der Waals surface area contributed by atoms with Crippen molar-refractivity contribution >= 4 is 39.1 Å². The third kappa shape index (κ3) is 4.85. The quantitative estimate of drug-likeness (QED) is 0.729. The molecule has 0 fully saturated rings. The largest absolute Gasteiger partial charge is 0.469 e. The lowest BCUT2D eigenvalue weighted by Gasteiger charge is -2.17. The van der Waals surface area contributed by atoms with E-state index in [0.717, 1.165) is 10.0 Å². The number of hydrogen-bond donors (Lipinski definition) is 2. The van der Waals surface area contributed by atoms with Gasteiger partial charge in [0.1, 0.15) is 10.7 Å². The van der Waals surface area contributed by atoms with Crippen molar-refractivity contribution < 1.29 is 14.3 Å². The van der Waals surface area contributed by atoms with Crippen molar-refractivity contribution in [2.24, 2.45) is 5.73 Å². The number of thiazole rings is 1. The Morgan fingerprint density at radius 2 is 2.09 bits per heavy atom. The maximum Gasteiger partial charge on any atom is 0.307 e. The van der Waals surface area contributed by atoms with E-state index in [4.69, 9.17) is 10.5 Å². The number of amides is 1. The van der Waals surface area contributed by atoms with Gasteiger partial charge in [0, 0.05) is 16.4 Å². The molecule has 8 heteroatoms. The van der Waals surface area contributed by atoms with Gasteiger partial charge in [0.25, 0.3) is 5.91 Å². The average molecular weight is 398 g/mol. The molecule has 1 atom stereocenters. The molecule has 122 valence electrons. The van der Waals surface area contributed by atoms with E-state index in [1.807, 2.05) is 24.3 Å². The summed E-state index contributed by atoms with van der Waals surface area (Å²) in [6.07, 6.45) is 0.0394. The Kier molecular flexibility index (Phi) is 6.26. The summed E-state index contributed by atoms with van der Waals surface area (Å²) in [7, 11) is 1.32. The van der Waals surface area contributed by atoms with Crippen molar-refractivity contribution in [2.45, 2.75) is 19.0 Å². The van der Waals surface area contributed by atoms with Crippen molar-refractivity contribution in [3.05, 3.63) is 50.4 Å². The van der Waals surface area contributed by atoms with Gasteiger partial charge in [-0.25, -0.2) is 4.98 Å². The monoisotopic (exact) mass is 397 g/mol. The Balaban J connectivity index is 2.17. The summed E-state index contributed by atoms with van der Waals surface area (Å²) < 4.78 is 5.62. The fourth-order valence-corrected chi connectivity index (χ4v) is 2.86. The molecule has 0 aliphatic heterocycles. The summed E-state index contributed by atoms with van der Waals surface area (Å²) in [6.45, 7) is 0.288.